The molecular weight excluding hydrogens is 196 g/mol. The fourth-order valence-electron chi connectivity index (χ4n) is 3.11. The van der Waals surface area contributed by atoms with Gasteiger partial charge in [0, 0.05) is 18.6 Å². The molecule has 2 aliphatic rings. The quantitative estimate of drug-likeness (QED) is 0.746. The van der Waals surface area contributed by atoms with E-state index in [1.165, 1.54) is 51.6 Å². The van der Waals surface area contributed by atoms with Gasteiger partial charge in [0.25, 0.3) is 0 Å². The molecule has 0 radical (unpaired) electrons. The van der Waals surface area contributed by atoms with Crippen LogP contribution in [0.4, 0.5) is 0 Å². The van der Waals surface area contributed by atoms with Crippen molar-refractivity contribution in [3.63, 3.8) is 0 Å². The van der Waals surface area contributed by atoms with Crippen molar-refractivity contribution in [2.45, 2.75) is 64.5 Å². The number of nitrogens with zero attached hydrogens (tertiary/aromatic N) is 1. The summed E-state index contributed by atoms with van der Waals surface area (Å²) >= 11 is 0. The lowest BCUT2D eigenvalue weighted by molar-refractivity contribution is 0.124. The molecule has 0 amide bonds. The number of hydrogen-bond acceptors (Lipinski definition) is 2. The Bertz CT molecular complexity index is 199. The summed E-state index contributed by atoms with van der Waals surface area (Å²) in [5.74, 6) is 1.07. The molecule has 2 nitrogen and oxygen atoms in total. The molecule has 2 unspecified atom stereocenters. The maximum atomic E-state index is 3.62. The molecule has 2 rings (SSSR count). The third kappa shape index (κ3) is 3.46. The van der Waals surface area contributed by atoms with E-state index in [-0.39, 0.29) is 0 Å². The molecule has 1 heterocycles. The molecule has 1 saturated carbocycles. The van der Waals surface area contributed by atoms with Crippen LogP contribution in [0.15, 0.2) is 0 Å². The first-order valence-corrected chi connectivity index (χ1v) is 7.30. The van der Waals surface area contributed by atoms with Crippen LogP contribution in [-0.2, 0) is 0 Å². The number of piperidine rings is 1. The average Bonchev–Trinajstić information content (AvgIpc) is 3.10. The van der Waals surface area contributed by atoms with Gasteiger partial charge in [-0.05, 0) is 44.7 Å². The van der Waals surface area contributed by atoms with Gasteiger partial charge < -0.3 is 5.32 Å². The van der Waals surface area contributed by atoms with Crippen molar-refractivity contribution < 1.29 is 0 Å². The van der Waals surface area contributed by atoms with E-state index in [0.29, 0.717) is 0 Å². The molecule has 0 aromatic carbocycles. The molecule has 1 aliphatic heterocycles. The fraction of sp³-hybridized carbons (Fsp3) is 1.00. The Morgan fingerprint density at radius 2 is 2.06 bits per heavy atom. The predicted molar refractivity (Wildman–Crippen MR) is 69.7 cm³/mol. The number of nitrogens with one attached hydrogen (secondary N) is 1. The highest BCUT2D eigenvalue weighted by atomic mass is 15.2. The van der Waals surface area contributed by atoms with E-state index < -0.39 is 0 Å². The van der Waals surface area contributed by atoms with Crippen LogP contribution in [0.3, 0.4) is 0 Å². The summed E-state index contributed by atoms with van der Waals surface area (Å²) in [4.78, 5) is 2.76. The van der Waals surface area contributed by atoms with Crippen LogP contribution >= 0.6 is 0 Å². The molecule has 1 N–H and O–H groups in total. The van der Waals surface area contributed by atoms with Crippen LogP contribution in [0.2, 0.25) is 0 Å². The van der Waals surface area contributed by atoms with E-state index in [9.17, 15) is 0 Å². The van der Waals surface area contributed by atoms with Crippen LogP contribution in [-0.4, -0.2) is 36.6 Å². The lowest BCUT2D eigenvalue weighted by Gasteiger charge is -2.38. The molecule has 2 heteroatoms. The molecule has 0 aromatic heterocycles. The molecule has 0 spiro atoms. The Balaban J connectivity index is 1.80. The minimum atomic E-state index is 0.756. The number of hydrogen-bond donors (Lipinski definition) is 1. The van der Waals surface area contributed by atoms with Gasteiger partial charge in [-0.2, -0.15) is 0 Å². The maximum absolute atomic E-state index is 3.62. The Labute approximate surface area is 101 Å². The van der Waals surface area contributed by atoms with Gasteiger partial charge in [-0.1, -0.05) is 26.7 Å². The zero-order valence-electron chi connectivity index (χ0n) is 11.0. The summed E-state index contributed by atoms with van der Waals surface area (Å²) < 4.78 is 0. The minimum Gasteiger partial charge on any atom is -0.313 e. The van der Waals surface area contributed by atoms with Crippen LogP contribution in [0.25, 0.3) is 0 Å². The minimum absolute atomic E-state index is 0.756. The SMILES string of the molecule is CCNC1CCCN(C(CC)CC2CC2)C1. The number of rotatable bonds is 6. The van der Waals surface area contributed by atoms with Gasteiger partial charge in [-0.25, -0.2) is 0 Å². The Morgan fingerprint density at radius 1 is 1.25 bits per heavy atom. The Kier molecular flexibility index (Phi) is 4.66. The molecule has 16 heavy (non-hydrogen) atoms. The van der Waals surface area contributed by atoms with Crippen molar-refractivity contribution in [1.82, 2.24) is 10.2 Å². The fourth-order valence-corrected chi connectivity index (χ4v) is 3.11. The van der Waals surface area contributed by atoms with Crippen molar-refractivity contribution in [3.05, 3.63) is 0 Å². The summed E-state index contributed by atoms with van der Waals surface area (Å²) in [5.41, 5.74) is 0. The van der Waals surface area contributed by atoms with Crippen molar-refractivity contribution in [1.29, 1.82) is 0 Å². The van der Waals surface area contributed by atoms with E-state index in [1.54, 1.807) is 0 Å². The van der Waals surface area contributed by atoms with Gasteiger partial charge in [-0.3, -0.25) is 4.90 Å². The van der Waals surface area contributed by atoms with Crippen LogP contribution in [0, 0.1) is 5.92 Å². The molecule has 2 atom stereocenters. The molecule has 2 fully saturated rings. The van der Waals surface area contributed by atoms with Crippen LogP contribution < -0.4 is 5.32 Å². The van der Waals surface area contributed by atoms with E-state index in [1.807, 2.05) is 0 Å². The van der Waals surface area contributed by atoms with Crippen LogP contribution in [0.1, 0.15) is 52.4 Å². The van der Waals surface area contributed by atoms with Crippen LogP contribution in [0.5, 0.6) is 0 Å². The number of likely N-dealkylation sites (tertiary alicyclic amines) is 1. The normalized spacial score (nSPS) is 29.2. The van der Waals surface area contributed by atoms with E-state index >= 15 is 0 Å². The van der Waals surface area contributed by atoms with Gasteiger partial charge in [0.1, 0.15) is 0 Å². The van der Waals surface area contributed by atoms with Crippen molar-refractivity contribution in [3.8, 4) is 0 Å². The molecule has 0 aromatic rings. The predicted octanol–water partition coefficient (Wildman–Crippen LogP) is 2.64. The third-order valence-corrected chi connectivity index (χ3v) is 4.24. The Hall–Kier alpha value is -0.0800. The summed E-state index contributed by atoms with van der Waals surface area (Å²) in [6.45, 7) is 8.34. The Morgan fingerprint density at radius 3 is 2.69 bits per heavy atom. The van der Waals surface area contributed by atoms with Crippen molar-refractivity contribution >= 4 is 0 Å². The third-order valence-electron chi connectivity index (χ3n) is 4.24. The lowest BCUT2D eigenvalue weighted by atomic mass is 9.99. The number of likely N-dealkylation sites (N-methyl/N-ethyl adjacent to an activating group) is 1. The second-order valence-corrected chi connectivity index (χ2v) is 5.63. The second-order valence-electron chi connectivity index (χ2n) is 5.63. The average molecular weight is 224 g/mol. The highest BCUT2D eigenvalue weighted by Crippen LogP contribution is 2.35. The monoisotopic (exact) mass is 224 g/mol. The highest BCUT2D eigenvalue weighted by Gasteiger charge is 2.30. The van der Waals surface area contributed by atoms with E-state index in [0.717, 1.165) is 24.5 Å². The second kappa shape index (κ2) is 6.02. The van der Waals surface area contributed by atoms with Gasteiger partial charge >= 0.3 is 0 Å². The van der Waals surface area contributed by atoms with Gasteiger partial charge in [-0.15, -0.1) is 0 Å². The molecule has 1 aliphatic carbocycles. The summed E-state index contributed by atoms with van der Waals surface area (Å²) in [5, 5.41) is 3.62. The molecular formula is C14H28N2. The summed E-state index contributed by atoms with van der Waals surface area (Å²) in [7, 11) is 0. The van der Waals surface area contributed by atoms with E-state index in [4.69, 9.17) is 0 Å². The summed E-state index contributed by atoms with van der Waals surface area (Å²) in [6.07, 6.45) is 8.58. The molecule has 1 saturated heterocycles. The lowest BCUT2D eigenvalue weighted by Crippen LogP contribution is -2.49. The smallest absolute Gasteiger partial charge is 0.0195 e. The zero-order chi connectivity index (χ0) is 11.4. The zero-order valence-corrected chi connectivity index (χ0v) is 11.0. The standard InChI is InChI=1S/C14H28N2/c1-3-14(10-12-7-8-12)16-9-5-6-13(11-16)15-4-2/h12-15H,3-11H2,1-2H3. The van der Waals surface area contributed by atoms with Gasteiger partial charge in [0.05, 0.1) is 0 Å². The molecule has 0 bridgehead atoms. The largest absolute Gasteiger partial charge is 0.313 e. The first-order chi connectivity index (χ1) is 7.83. The highest BCUT2D eigenvalue weighted by molar-refractivity contribution is 4.86. The van der Waals surface area contributed by atoms with Crippen molar-refractivity contribution in [2.24, 2.45) is 5.92 Å². The van der Waals surface area contributed by atoms with Crippen molar-refractivity contribution in [2.75, 3.05) is 19.6 Å². The molecule has 94 valence electrons. The maximum Gasteiger partial charge on any atom is 0.0195 e. The van der Waals surface area contributed by atoms with Gasteiger partial charge in [0.15, 0.2) is 0 Å². The topological polar surface area (TPSA) is 15.3 Å². The first-order valence-electron chi connectivity index (χ1n) is 7.30. The van der Waals surface area contributed by atoms with E-state index in [2.05, 4.69) is 24.1 Å². The van der Waals surface area contributed by atoms with Gasteiger partial charge in [0.2, 0.25) is 0 Å². The summed E-state index contributed by atoms with van der Waals surface area (Å²) in [6, 6.07) is 1.63. The first kappa shape index (κ1) is 12.4.